The Kier molecular flexibility index (Phi) is 5.68. The van der Waals surface area contributed by atoms with Crippen LogP contribution >= 0.6 is 0 Å². The largest absolute Gasteiger partial charge is 0.491 e. The number of benzene rings is 1. The van der Waals surface area contributed by atoms with E-state index in [1.165, 1.54) is 4.90 Å². The Bertz CT molecular complexity index is 736. The normalized spacial score (nSPS) is 11.3. The molecule has 2 rings (SSSR count). The van der Waals surface area contributed by atoms with Gasteiger partial charge >= 0.3 is 6.18 Å². The quantitative estimate of drug-likeness (QED) is 0.829. The Morgan fingerprint density at radius 3 is 2.48 bits per heavy atom. The van der Waals surface area contributed by atoms with Gasteiger partial charge in [0.1, 0.15) is 18.2 Å². The van der Waals surface area contributed by atoms with Gasteiger partial charge in [-0.25, -0.2) is 4.98 Å². The fourth-order valence-electron chi connectivity index (χ4n) is 2.04. The summed E-state index contributed by atoms with van der Waals surface area (Å²) in [5.74, 6) is 0.574. The molecule has 1 aromatic carbocycles. The number of hydrogen-bond donors (Lipinski definition) is 2. The van der Waals surface area contributed by atoms with E-state index in [9.17, 15) is 13.2 Å². The van der Waals surface area contributed by atoms with Crippen LogP contribution in [0.3, 0.4) is 0 Å². The third-order valence-corrected chi connectivity index (χ3v) is 3.24. The minimum Gasteiger partial charge on any atom is -0.491 e. The number of aryl methyl sites for hydroxylation is 1. The van der Waals surface area contributed by atoms with Crippen LogP contribution in [0.25, 0.3) is 0 Å². The maximum absolute atomic E-state index is 13.0. The van der Waals surface area contributed by atoms with E-state index >= 15 is 0 Å². The molecule has 136 valence electrons. The summed E-state index contributed by atoms with van der Waals surface area (Å²) in [4.78, 5) is 9.10. The molecule has 2 aromatic rings. The molecule has 2 N–H and O–H groups in total. The smallest absolute Gasteiger partial charge is 0.433 e. The lowest BCUT2D eigenvalue weighted by atomic mass is 10.2. The number of hydrogen-bond acceptors (Lipinski definition) is 6. The van der Waals surface area contributed by atoms with Crippen molar-refractivity contribution in [3.63, 3.8) is 0 Å². The predicted octanol–water partition coefficient (Wildman–Crippen LogP) is 2.98. The first kappa shape index (κ1) is 18.8. The molecule has 6 nitrogen and oxygen atoms in total. The zero-order valence-electron chi connectivity index (χ0n) is 14.1. The van der Waals surface area contributed by atoms with E-state index in [0.717, 1.165) is 11.6 Å². The predicted molar refractivity (Wildman–Crippen MR) is 88.4 cm³/mol. The van der Waals surface area contributed by atoms with Crippen molar-refractivity contribution < 1.29 is 23.0 Å². The van der Waals surface area contributed by atoms with Gasteiger partial charge < -0.3 is 20.1 Å². The summed E-state index contributed by atoms with van der Waals surface area (Å²) >= 11 is 0. The van der Waals surface area contributed by atoms with Crippen LogP contribution < -0.4 is 15.0 Å². The number of anilines is 3. The number of rotatable bonds is 6. The summed E-state index contributed by atoms with van der Waals surface area (Å²) < 4.78 is 44.4. The maximum Gasteiger partial charge on any atom is 0.433 e. The number of aliphatic hydroxyl groups excluding tert-OH is 1. The number of halogens is 3. The molecule has 0 atom stereocenters. The lowest BCUT2D eigenvalue weighted by molar-refractivity contribution is -0.141. The minimum absolute atomic E-state index is 0.106. The molecule has 0 saturated carbocycles. The van der Waals surface area contributed by atoms with Crippen LogP contribution in [0.5, 0.6) is 5.75 Å². The molecule has 0 radical (unpaired) electrons. The van der Waals surface area contributed by atoms with Gasteiger partial charge in [-0.05, 0) is 30.7 Å². The van der Waals surface area contributed by atoms with E-state index in [0.29, 0.717) is 11.4 Å². The Hall–Kier alpha value is -2.55. The summed E-state index contributed by atoms with van der Waals surface area (Å²) in [6.07, 6.45) is -4.57. The standard InChI is InChI=1S/C16H19F3N4O2/c1-10-8-11(4-5-12(10)25-7-6-24)20-15-21-13(16(17,18)19)9-14(22-15)23(2)3/h4-5,8-9,24H,6-7H2,1-3H3,(H,20,21,22). The van der Waals surface area contributed by atoms with Gasteiger partial charge in [-0.15, -0.1) is 0 Å². The van der Waals surface area contributed by atoms with Crippen LogP contribution in [0.2, 0.25) is 0 Å². The molecule has 0 amide bonds. The van der Waals surface area contributed by atoms with Crippen molar-refractivity contribution in [2.24, 2.45) is 0 Å². The van der Waals surface area contributed by atoms with Gasteiger partial charge in [0, 0.05) is 25.8 Å². The Morgan fingerprint density at radius 1 is 1.20 bits per heavy atom. The van der Waals surface area contributed by atoms with Crippen molar-refractivity contribution in [1.29, 1.82) is 0 Å². The number of alkyl halides is 3. The van der Waals surface area contributed by atoms with Gasteiger partial charge in [-0.3, -0.25) is 0 Å². The summed E-state index contributed by atoms with van der Waals surface area (Å²) in [5, 5.41) is 11.6. The Morgan fingerprint density at radius 2 is 1.92 bits per heavy atom. The molecule has 0 spiro atoms. The van der Waals surface area contributed by atoms with Crippen LogP contribution in [-0.4, -0.2) is 42.4 Å². The Balaban J connectivity index is 2.30. The number of ether oxygens (including phenoxy) is 1. The van der Waals surface area contributed by atoms with Crippen molar-refractivity contribution in [3.05, 3.63) is 35.5 Å². The second kappa shape index (κ2) is 7.56. The van der Waals surface area contributed by atoms with E-state index in [1.54, 1.807) is 39.2 Å². The molecular weight excluding hydrogens is 337 g/mol. The monoisotopic (exact) mass is 356 g/mol. The highest BCUT2D eigenvalue weighted by molar-refractivity contribution is 5.58. The first-order chi connectivity index (χ1) is 11.7. The van der Waals surface area contributed by atoms with Crippen LogP contribution in [-0.2, 0) is 6.18 Å². The zero-order chi connectivity index (χ0) is 18.6. The first-order valence-corrected chi connectivity index (χ1v) is 7.45. The fourth-order valence-corrected chi connectivity index (χ4v) is 2.04. The van der Waals surface area contributed by atoms with Crippen molar-refractivity contribution in [2.75, 3.05) is 37.5 Å². The molecule has 0 aliphatic rings. The summed E-state index contributed by atoms with van der Waals surface area (Å²) in [6.45, 7) is 1.84. The fraction of sp³-hybridized carbons (Fsp3) is 0.375. The van der Waals surface area contributed by atoms with Gasteiger partial charge in [-0.2, -0.15) is 18.2 Å². The van der Waals surface area contributed by atoms with Crippen LogP contribution in [0.4, 0.5) is 30.6 Å². The zero-order valence-corrected chi connectivity index (χ0v) is 14.1. The summed E-state index contributed by atoms with van der Waals surface area (Å²) in [5.41, 5.74) is 0.268. The second-order valence-electron chi connectivity index (χ2n) is 5.50. The third-order valence-electron chi connectivity index (χ3n) is 3.24. The lowest BCUT2D eigenvalue weighted by Crippen LogP contribution is -2.16. The average Bonchev–Trinajstić information content (AvgIpc) is 2.53. The van der Waals surface area contributed by atoms with Crippen molar-refractivity contribution in [1.82, 2.24) is 9.97 Å². The van der Waals surface area contributed by atoms with Crippen LogP contribution in [0.1, 0.15) is 11.3 Å². The van der Waals surface area contributed by atoms with Gasteiger partial charge in [0.05, 0.1) is 6.61 Å². The van der Waals surface area contributed by atoms with Crippen LogP contribution in [0.15, 0.2) is 24.3 Å². The van der Waals surface area contributed by atoms with Crippen molar-refractivity contribution >= 4 is 17.5 Å². The van der Waals surface area contributed by atoms with E-state index in [4.69, 9.17) is 9.84 Å². The summed E-state index contributed by atoms with van der Waals surface area (Å²) in [6, 6.07) is 5.89. The molecular formula is C16H19F3N4O2. The highest BCUT2D eigenvalue weighted by Gasteiger charge is 2.34. The van der Waals surface area contributed by atoms with Crippen molar-refractivity contribution in [2.45, 2.75) is 13.1 Å². The molecule has 0 unspecified atom stereocenters. The van der Waals surface area contributed by atoms with E-state index in [-0.39, 0.29) is 25.0 Å². The topological polar surface area (TPSA) is 70.5 Å². The molecule has 0 aliphatic heterocycles. The van der Waals surface area contributed by atoms with Gasteiger partial charge in [0.2, 0.25) is 5.95 Å². The molecule has 0 fully saturated rings. The lowest BCUT2D eigenvalue weighted by Gasteiger charge is -2.16. The molecule has 9 heteroatoms. The van der Waals surface area contributed by atoms with Gasteiger partial charge in [0.15, 0.2) is 5.69 Å². The van der Waals surface area contributed by atoms with Crippen molar-refractivity contribution in [3.8, 4) is 5.75 Å². The molecule has 1 heterocycles. The van der Waals surface area contributed by atoms with E-state index < -0.39 is 11.9 Å². The molecule has 0 aliphatic carbocycles. The Labute approximate surface area is 143 Å². The first-order valence-electron chi connectivity index (χ1n) is 7.45. The minimum atomic E-state index is -4.57. The highest BCUT2D eigenvalue weighted by atomic mass is 19.4. The third kappa shape index (κ3) is 4.96. The molecule has 25 heavy (non-hydrogen) atoms. The second-order valence-corrected chi connectivity index (χ2v) is 5.50. The highest BCUT2D eigenvalue weighted by Crippen LogP contribution is 2.31. The number of aliphatic hydroxyl groups is 1. The van der Waals surface area contributed by atoms with Gasteiger partial charge in [0.25, 0.3) is 0 Å². The van der Waals surface area contributed by atoms with Gasteiger partial charge in [-0.1, -0.05) is 0 Å². The summed E-state index contributed by atoms with van der Waals surface area (Å²) in [7, 11) is 3.20. The van der Waals surface area contributed by atoms with E-state index in [1.807, 2.05) is 0 Å². The molecule has 1 aromatic heterocycles. The SMILES string of the molecule is Cc1cc(Nc2nc(N(C)C)cc(C(F)(F)F)n2)ccc1OCCO. The molecule has 0 bridgehead atoms. The average molecular weight is 356 g/mol. The number of nitrogens with zero attached hydrogens (tertiary/aromatic N) is 3. The number of aromatic nitrogens is 2. The number of nitrogens with one attached hydrogen (secondary N) is 1. The van der Waals surface area contributed by atoms with E-state index in [2.05, 4.69) is 15.3 Å². The molecule has 0 saturated heterocycles. The maximum atomic E-state index is 13.0. The van der Waals surface area contributed by atoms with Crippen LogP contribution in [0, 0.1) is 6.92 Å².